The second kappa shape index (κ2) is 10.3. The van der Waals surface area contributed by atoms with Gasteiger partial charge in [0.25, 0.3) is 0 Å². The number of carbonyl (C=O) groups excluding carboxylic acids is 1. The maximum Gasteiger partial charge on any atom is 0.330 e. The van der Waals surface area contributed by atoms with Crippen LogP contribution in [-0.4, -0.2) is 24.2 Å². The van der Waals surface area contributed by atoms with Crippen LogP contribution in [0.25, 0.3) is 0 Å². The molecule has 0 aromatic heterocycles. The average Bonchev–Trinajstić information content (AvgIpc) is 3.08. The zero-order chi connectivity index (χ0) is 26.2. The van der Waals surface area contributed by atoms with Crippen LogP contribution in [0.4, 0.5) is 0 Å². The molecule has 0 aliphatic heterocycles. The van der Waals surface area contributed by atoms with Gasteiger partial charge >= 0.3 is 11.9 Å². The van der Waals surface area contributed by atoms with Crippen molar-refractivity contribution in [2.45, 2.75) is 99.3 Å². The molecule has 2 saturated carbocycles. The number of allylic oxidation sites excluding steroid dienone is 4. The SMILES string of the molecule is C=C(C)C1CC=C2C(CCC3(C)C(C(C)CCC=C(C)C(=O)O)CCC23C)C1(C)CCC(=O)OC. The van der Waals surface area contributed by atoms with Crippen LogP contribution in [0.3, 0.4) is 0 Å². The maximum atomic E-state index is 12.1. The normalized spacial score (nSPS) is 37.6. The molecule has 3 aliphatic carbocycles. The highest BCUT2D eigenvalue weighted by Crippen LogP contribution is 2.72. The van der Waals surface area contributed by atoms with Gasteiger partial charge in [0.2, 0.25) is 0 Å². The fourth-order valence-electron chi connectivity index (χ4n) is 8.54. The lowest BCUT2D eigenvalue weighted by Gasteiger charge is -2.60. The minimum atomic E-state index is -0.816. The summed E-state index contributed by atoms with van der Waals surface area (Å²) in [6.45, 7) is 18.0. The van der Waals surface area contributed by atoms with Crippen molar-refractivity contribution < 1.29 is 19.4 Å². The standard InChI is InChI=1S/C31H48O4/c1-20(2)23-12-13-26-25(29(23,5)17-16-27(32)35-8)15-19-30(6)24(14-18-31(26,30)7)21(3)10-9-11-22(4)28(33)34/h11,13,21,23-25H,1,9-10,12,14-19H2,2-8H3,(H,33,34). The average molecular weight is 485 g/mol. The Hall–Kier alpha value is -1.84. The predicted molar refractivity (Wildman–Crippen MR) is 142 cm³/mol. The number of carboxylic acids is 1. The highest BCUT2D eigenvalue weighted by molar-refractivity contribution is 5.85. The van der Waals surface area contributed by atoms with Crippen molar-refractivity contribution in [3.63, 3.8) is 0 Å². The molecule has 3 rings (SSSR count). The van der Waals surface area contributed by atoms with E-state index in [4.69, 9.17) is 4.74 Å². The summed E-state index contributed by atoms with van der Waals surface area (Å²) < 4.78 is 5.01. The molecule has 0 heterocycles. The van der Waals surface area contributed by atoms with E-state index in [1.54, 1.807) is 12.5 Å². The first-order chi connectivity index (χ1) is 16.3. The molecule has 0 spiro atoms. The second-order valence-electron chi connectivity index (χ2n) is 12.6. The molecule has 4 nitrogen and oxygen atoms in total. The fourth-order valence-corrected chi connectivity index (χ4v) is 8.54. The summed E-state index contributed by atoms with van der Waals surface area (Å²) in [6.07, 6.45) is 13.5. The largest absolute Gasteiger partial charge is 0.478 e. The molecular weight excluding hydrogens is 436 g/mol. The van der Waals surface area contributed by atoms with Gasteiger partial charge in [0.15, 0.2) is 0 Å². The smallest absolute Gasteiger partial charge is 0.330 e. The number of carboxylic acid groups (broad SMARTS) is 1. The number of carbonyl (C=O) groups is 2. The van der Waals surface area contributed by atoms with Crippen LogP contribution in [0.15, 0.2) is 35.5 Å². The van der Waals surface area contributed by atoms with E-state index in [1.807, 2.05) is 6.08 Å². The summed E-state index contributed by atoms with van der Waals surface area (Å²) in [5.41, 5.74) is 3.78. The van der Waals surface area contributed by atoms with Crippen LogP contribution < -0.4 is 0 Å². The first-order valence-electron chi connectivity index (χ1n) is 13.6. The van der Waals surface area contributed by atoms with Crippen molar-refractivity contribution in [2.24, 2.45) is 39.9 Å². The number of hydrogen-bond acceptors (Lipinski definition) is 3. The zero-order valence-corrected chi connectivity index (χ0v) is 23.2. The molecule has 2 fully saturated rings. The lowest BCUT2D eigenvalue weighted by Crippen LogP contribution is -2.52. The third kappa shape index (κ3) is 4.79. The molecule has 0 amide bonds. The number of fused-ring (bicyclic) bond motifs is 3. The number of esters is 1. The van der Waals surface area contributed by atoms with Crippen LogP contribution >= 0.6 is 0 Å². The van der Waals surface area contributed by atoms with E-state index < -0.39 is 5.97 Å². The van der Waals surface area contributed by atoms with E-state index >= 15 is 0 Å². The minimum Gasteiger partial charge on any atom is -0.478 e. The van der Waals surface area contributed by atoms with Crippen molar-refractivity contribution in [1.29, 1.82) is 0 Å². The Morgan fingerprint density at radius 1 is 1.23 bits per heavy atom. The lowest BCUT2D eigenvalue weighted by atomic mass is 9.44. The highest BCUT2D eigenvalue weighted by atomic mass is 16.5. The van der Waals surface area contributed by atoms with E-state index in [2.05, 4.69) is 47.3 Å². The van der Waals surface area contributed by atoms with Crippen LogP contribution in [0.2, 0.25) is 0 Å². The molecule has 3 aliphatic rings. The summed E-state index contributed by atoms with van der Waals surface area (Å²) in [6, 6.07) is 0. The topological polar surface area (TPSA) is 63.6 Å². The summed E-state index contributed by atoms with van der Waals surface area (Å²) >= 11 is 0. The second-order valence-corrected chi connectivity index (χ2v) is 12.6. The molecule has 0 radical (unpaired) electrons. The van der Waals surface area contributed by atoms with Gasteiger partial charge in [-0.25, -0.2) is 4.79 Å². The Labute approximate surface area is 213 Å². The van der Waals surface area contributed by atoms with Crippen LogP contribution in [-0.2, 0) is 14.3 Å². The molecule has 0 saturated heterocycles. The molecular formula is C31H48O4. The first kappa shape index (κ1) is 27.7. The molecule has 0 aromatic carbocycles. The molecule has 196 valence electrons. The number of ether oxygens (including phenoxy) is 1. The third-order valence-corrected chi connectivity index (χ3v) is 11.0. The summed E-state index contributed by atoms with van der Waals surface area (Å²) in [7, 11) is 1.48. The quantitative estimate of drug-likeness (QED) is 0.206. The first-order valence-corrected chi connectivity index (χ1v) is 13.6. The molecule has 0 aromatic rings. The van der Waals surface area contributed by atoms with Crippen molar-refractivity contribution in [3.05, 3.63) is 35.5 Å². The van der Waals surface area contributed by atoms with E-state index in [0.717, 1.165) is 25.7 Å². The highest BCUT2D eigenvalue weighted by Gasteiger charge is 2.63. The number of methoxy groups -OCH3 is 1. The Morgan fingerprint density at radius 2 is 1.91 bits per heavy atom. The van der Waals surface area contributed by atoms with Gasteiger partial charge in [-0.2, -0.15) is 0 Å². The molecule has 4 heteroatoms. The van der Waals surface area contributed by atoms with E-state index in [-0.39, 0.29) is 22.2 Å². The maximum absolute atomic E-state index is 12.1. The summed E-state index contributed by atoms with van der Waals surface area (Å²) in [5, 5.41) is 9.17. The van der Waals surface area contributed by atoms with Gasteiger partial charge in [-0.3, -0.25) is 4.79 Å². The Morgan fingerprint density at radius 3 is 2.51 bits per heavy atom. The monoisotopic (exact) mass is 484 g/mol. The van der Waals surface area contributed by atoms with E-state index in [0.29, 0.717) is 35.7 Å². The summed E-state index contributed by atoms with van der Waals surface area (Å²) in [4.78, 5) is 23.3. The molecule has 7 unspecified atom stereocenters. The van der Waals surface area contributed by atoms with E-state index in [1.165, 1.54) is 38.4 Å². The number of hydrogen-bond donors (Lipinski definition) is 1. The predicted octanol–water partition coefficient (Wildman–Crippen LogP) is 7.75. The lowest BCUT2D eigenvalue weighted by molar-refractivity contribution is -0.142. The third-order valence-electron chi connectivity index (χ3n) is 11.0. The van der Waals surface area contributed by atoms with Gasteiger partial charge in [-0.15, -0.1) is 0 Å². The molecule has 35 heavy (non-hydrogen) atoms. The molecule has 0 bridgehead atoms. The number of rotatable bonds is 9. The van der Waals surface area contributed by atoms with Gasteiger partial charge in [-0.1, -0.05) is 57.6 Å². The van der Waals surface area contributed by atoms with Crippen molar-refractivity contribution >= 4 is 11.9 Å². The molecule has 7 atom stereocenters. The van der Waals surface area contributed by atoms with Crippen LogP contribution in [0.5, 0.6) is 0 Å². The fraction of sp³-hybridized carbons (Fsp3) is 0.742. The summed E-state index contributed by atoms with van der Waals surface area (Å²) in [5.74, 6) is 1.16. The Bertz CT molecular complexity index is 913. The zero-order valence-electron chi connectivity index (χ0n) is 23.2. The van der Waals surface area contributed by atoms with Gasteiger partial charge in [0.1, 0.15) is 0 Å². The van der Waals surface area contributed by atoms with E-state index in [9.17, 15) is 14.7 Å². The van der Waals surface area contributed by atoms with Gasteiger partial charge in [0, 0.05) is 12.0 Å². The van der Waals surface area contributed by atoms with Crippen molar-refractivity contribution in [3.8, 4) is 0 Å². The van der Waals surface area contributed by atoms with Gasteiger partial charge < -0.3 is 9.84 Å². The molecule has 1 N–H and O–H groups in total. The Balaban J connectivity index is 1.86. The van der Waals surface area contributed by atoms with Crippen molar-refractivity contribution in [1.82, 2.24) is 0 Å². The van der Waals surface area contributed by atoms with Crippen LogP contribution in [0.1, 0.15) is 99.3 Å². The Kier molecular flexibility index (Phi) is 8.13. The van der Waals surface area contributed by atoms with Crippen molar-refractivity contribution in [2.75, 3.05) is 7.11 Å². The van der Waals surface area contributed by atoms with Gasteiger partial charge in [0.05, 0.1) is 7.11 Å². The van der Waals surface area contributed by atoms with Crippen LogP contribution in [0, 0.1) is 39.9 Å². The number of aliphatic carboxylic acids is 1. The van der Waals surface area contributed by atoms with Gasteiger partial charge in [-0.05, 0) is 105 Å². The minimum absolute atomic E-state index is 0.0251.